The molecule has 0 bridgehead atoms. The highest BCUT2D eigenvalue weighted by atomic mass is 16.6. The van der Waals surface area contributed by atoms with E-state index in [1.807, 2.05) is 21.1 Å². The molecule has 3 N–H and O–H groups in total. The maximum Gasteiger partial charge on any atom is 0.306 e. The number of nitrogens with two attached hydrogens (primary N) is 1. The molecular formula is C7H17N2O3+. The summed E-state index contributed by atoms with van der Waals surface area (Å²) in [6, 6.07) is 0. The summed E-state index contributed by atoms with van der Waals surface area (Å²) in [5.41, 5.74) is 0. The van der Waals surface area contributed by atoms with E-state index in [2.05, 4.69) is 4.84 Å². The van der Waals surface area contributed by atoms with Crippen LogP contribution in [-0.2, 0) is 9.63 Å². The number of carboxylic acid groups (broad SMARTS) is 1. The number of carboxylic acids is 1. The molecule has 0 aliphatic heterocycles. The normalized spacial score (nSPS) is 14.3. The molecule has 0 aromatic rings. The zero-order chi connectivity index (χ0) is 9.78. The van der Waals surface area contributed by atoms with Crippen molar-refractivity contribution < 1.29 is 19.2 Å². The van der Waals surface area contributed by atoms with Gasteiger partial charge in [-0.3, -0.25) is 9.63 Å². The molecule has 0 unspecified atom stereocenters. The zero-order valence-electron chi connectivity index (χ0n) is 7.78. The highest BCUT2D eigenvalue weighted by Gasteiger charge is 2.20. The van der Waals surface area contributed by atoms with Crippen LogP contribution in [0.1, 0.15) is 6.42 Å². The predicted molar refractivity (Wildman–Crippen MR) is 44.2 cm³/mol. The molecule has 0 fully saturated rings. The summed E-state index contributed by atoms with van der Waals surface area (Å²) in [7, 11) is 5.86. The highest BCUT2D eigenvalue weighted by molar-refractivity contribution is 5.67. The van der Waals surface area contributed by atoms with E-state index in [4.69, 9.17) is 11.0 Å². The van der Waals surface area contributed by atoms with Crippen molar-refractivity contribution in [3.05, 3.63) is 0 Å². The van der Waals surface area contributed by atoms with Gasteiger partial charge in [0.1, 0.15) is 12.6 Å². The van der Waals surface area contributed by atoms with Gasteiger partial charge in [0.05, 0.1) is 27.6 Å². The van der Waals surface area contributed by atoms with E-state index in [0.717, 1.165) is 0 Å². The van der Waals surface area contributed by atoms with Crippen LogP contribution < -0.4 is 5.90 Å². The van der Waals surface area contributed by atoms with E-state index in [-0.39, 0.29) is 6.42 Å². The van der Waals surface area contributed by atoms with Crippen LogP contribution in [0.2, 0.25) is 0 Å². The number of aliphatic carboxylic acids is 1. The van der Waals surface area contributed by atoms with E-state index in [0.29, 0.717) is 11.0 Å². The molecule has 0 aromatic carbocycles. The second-order valence-electron chi connectivity index (χ2n) is 3.83. The molecule has 0 rings (SSSR count). The fourth-order valence-electron chi connectivity index (χ4n) is 0.961. The molecule has 1 atom stereocenters. The van der Waals surface area contributed by atoms with Gasteiger partial charge in [-0.2, -0.15) is 0 Å². The number of carbonyl (C=O) groups is 1. The second kappa shape index (κ2) is 4.39. The standard InChI is InChI=1S/C7H16N2O3/c1-9(2,3)5-6(12-8)4-7(10)11/h6H,4-5,8H2,1-3H3/p+1/t6-/m1/s1. The first-order valence-corrected chi connectivity index (χ1v) is 3.73. The van der Waals surface area contributed by atoms with Crippen LogP contribution in [-0.4, -0.2) is 49.4 Å². The molecule has 0 heterocycles. The van der Waals surface area contributed by atoms with E-state index >= 15 is 0 Å². The molecule has 0 aliphatic carbocycles. The average Bonchev–Trinajstić information content (AvgIpc) is 1.82. The lowest BCUT2D eigenvalue weighted by Crippen LogP contribution is -2.44. The van der Waals surface area contributed by atoms with Crippen LogP contribution >= 0.6 is 0 Å². The van der Waals surface area contributed by atoms with Gasteiger partial charge in [-0.1, -0.05) is 0 Å². The Bertz CT molecular complexity index is 153. The Morgan fingerprint density at radius 3 is 2.33 bits per heavy atom. The Labute approximate surface area is 72.3 Å². The summed E-state index contributed by atoms with van der Waals surface area (Å²) < 4.78 is 0.634. The second-order valence-corrected chi connectivity index (χ2v) is 3.83. The van der Waals surface area contributed by atoms with Gasteiger partial charge >= 0.3 is 5.97 Å². The Morgan fingerprint density at radius 2 is 2.08 bits per heavy atom. The predicted octanol–water partition coefficient (Wildman–Crippen LogP) is -0.574. The van der Waals surface area contributed by atoms with Gasteiger partial charge in [0.2, 0.25) is 0 Å². The minimum Gasteiger partial charge on any atom is -0.481 e. The highest BCUT2D eigenvalue weighted by Crippen LogP contribution is 2.01. The van der Waals surface area contributed by atoms with Crippen molar-refractivity contribution in [3.8, 4) is 0 Å². The van der Waals surface area contributed by atoms with Crippen molar-refractivity contribution in [3.63, 3.8) is 0 Å². The topological polar surface area (TPSA) is 72.5 Å². The first kappa shape index (κ1) is 11.4. The third kappa shape index (κ3) is 6.09. The Morgan fingerprint density at radius 1 is 1.58 bits per heavy atom. The maximum atomic E-state index is 10.3. The molecule has 12 heavy (non-hydrogen) atoms. The number of nitrogens with zero attached hydrogens (tertiary/aromatic N) is 1. The summed E-state index contributed by atoms with van der Waals surface area (Å²) in [4.78, 5) is 14.9. The Hall–Kier alpha value is -0.650. The number of likely N-dealkylation sites (N-methyl/N-ethyl adjacent to an activating group) is 1. The van der Waals surface area contributed by atoms with Crippen LogP contribution in [0, 0.1) is 0 Å². The zero-order valence-corrected chi connectivity index (χ0v) is 7.78. The Balaban J connectivity index is 3.92. The monoisotopic (exact) mass is 177 g/mol. The largest absolute Gasteiger partial charge is 0.481 e. The third-order valence-corrected chi connectivity index (χ3v) is 1.35. The van der Waals surface area contributed by atoms with Crippen molar-refractivity contribution in [1.82, 2.24) is 0 Å². The number of rotatable bonds is 5. The molecule has 0 aromatic heterocycles. The van der Waals surface area contributed by atoms with Crippen molar-refractivity contribution in [2.24, 2.45) is 5.90 Å². The minimum atomic E-state index is -0.890. The molecule has 0 aliphatic rings. The van der Waals surface area contributed by atoms with E-state index in [9.17, 15) is 4.79 Å². The van der Waals surface area contributed by atoms with Crippen molar-refractivity contribution in [2.75, 3.05) is 27.7 Å². The van der Waals surface area contributed by atoms with Gasteiger partial charge in [-0.15, -0.1) is 0 Å². The lowest BCUT2D eigenvalue weighted by atomic mass is 10.2. The molecule has 72 valence electrons. The van der Waals surface area contributed by atoms with Gasteiger partial charge in [0.15, 0.2) is 0 Å². The summed E-state index contributed by atoms with van der Waals surface area (Å²) >= 11 is 0. The quantitative estimate of drug-likeness (QED) is 0.435. The Kier molecular flexibility index (Phi) is 4.16. The van der Waals surface area contributed by atoms with Gasteiger partial charge in [-0.25, -0.2) is 5.90 Å². The van der Waals surface area contributed by atoms with Crippen LogP contribution in [0.4, 0.5) is 0 Å². The van der Waals surface area contributed by atoms with E-state index in [1.54, 1.807) is 0 Å². The molecule has 0 saturated heterocycles. The molecule has 5 nitrogen and oxygen atoms in total. The third-order valence-electron chi connectivity index (χ3n) is 1.35. The maximum absolute atomic E-state index is 10.3. The first-order chi connectivity index (χ1) is 5.35. The molecule has 0 amide bonds. The fraction of sp³-hybridized carbons (Fsp3) is 0.857. The first-order valence-electron chi connectivity index (χ1n) is 3.73. The van der Waals surface area contributed by atoms with Gasteiger partial charge in [-0.05, 0) is 0 Å². The van der Waals surface area contributed by atoms with Crippen molar-refractivity contribution in [1.29, 1.82) is 0 Å². The summed E-state index contributed by atoms with van der Waals surface area (Å²) in [5.74, 6) is 4.07. The van der Waals surface area contributed by atoms with Crippen molar-refractivity contribution in [2.45, 2.75) is 12.5 Å². The van der Waals surface area contributed by atoms with Gasteiger partial charge in [0.25, 0.3) is 0 Å². The summed E-state index contributed by atoms with van der Waals surface area (Å²) in [6.07, 6.45) is -0.464. The lowest BCUT2D eigenvalue weighted by molar-refractivity contribution is -0.873. The lowest BCUT2D eigenvalue weighted by Gasteiger charge is -2.27. The van der Waals surface area contributed by atoms with Gasteiger partial charge < -0.3 is 9.59 Å². The summed E-state index contributed by atoms with van der Waals surface area (Å²) in [5, 5.41) is 8.47. The molecule has 0 saturated carbocycles. The molecule has 0 spiro atoms. The van der Waals surface area contributed by atoms with E-state index in [1.165, 1.54) is 0 Å². The van der Waals surface area contributed by atoms with Gasteiger partial charge in [0, 0.05) is 0 Å². The SMILES string of the molecule is C[N+](C)(C)C[C@@H](CC(=O)O)ON. The molecular weight excluding hydrogens is 160 g/mol. The smallest absolute Gasteiger partial charge is 0.306 e. The van der Waals surface area contributed by atoms with Crippen LogP contribution in [0.15, 0.2) is 0 Å². The van der Waals surface area contributed by atoms with Crippen LogP contribution in [0.5, 0.6) is 0 Å². The molecule has 5 heteroatoms. The number of hydrogen-bond acceptors (Lipinski definition) is 3. The number of hydrogen-bond donors (Lipinski definition) is 2. The van der Waals surface area contributed by atoms with Crippen LogP contribution in [0.3, 0.4) is 0 Å². The van der Waals surface area contributed by atoms with Crippen LogP contribution in [0.25, 0.3) is 0 Å². The van der Waals surface area contributed by atoms with Crippen molar-refractivity contribution >= 4 is 5.97 Å². The fourth-order valence-corrected chi connectivity index (χ4v) is 0.961. The summed E-state index contributed by atoms with van der Waals surface area (Å²) in [6.45, 7) is 0.586. The average molecular weight is 177 g/mol. The number of quaternary nitrogens is 1. The molecule has 0 radical (unpaired) electrons. The minimum absolute atomic E-state index is 0.0496. The van der Waals surface area contributed by atoms with E-state index < -0.39 is 12.1 Å².